The summed E-state index contributed by atoms with van der Waals surface area (Å²) in [6.45, 7) is 1.88. The molecule has 6 rings (SSSR count). The molecule has 0 amide bonds. The second kappa shape index (κ2) is 9.26. The Labute approximate surface area is 206 Å². The van der Waals surface area contributed by atoms with Gasteiger partial charge in [0, 0.05) is 29.2 Å². The molecule has 0 saturated heterocycles. The Balaban J connectivity index is 1.51. The van der Waals surface area contributed by atoms with Gasteiger partial charge < -0.3 is 23.8 Å². The summed E-state index contributed by atoms with van der Waals surface area (Å²) in [5, 5.41) is 0. The molecule has 0 N–H and O–H groups in total. The Bertz CT molecular complexity index is 1110. The number of rotatable bonds is 6. The van der Waals surface area contributed by atoms with Crippen molar-refractivity contribution in [2.45, 2.75) is 51.0 Å². The number of nitrogens with zero attached hydrogens (tertiary/aromatic N) is 1. The van der Waals surface area contributed by atoms with E-state index in [-0.39, 0.29) is 6.04 Å². The van der Waals surface area contributed by atoms with E-state index in [1.807, 2.05) is 6.07 Å². The van der Waals surface area contributed by atoms with E-state index in [1.165, 1.54) is 60.1 Å². The summed E-state index contributed by atoms with van der Waals surface area (Å²) in [7, 11) is 1.73. The van der Waals surface area contributed by atoms with E-state index in [1.54, 1.807) is 7.11 Å². The van der Waals surface area contributed by atoms with Crippen molar-refractivity contribution in [3.05, 3.63) is 46.5 Å². The summed E-state index contributed by atoms with van der Waals surface area (Å²) >= 11 is 5.97. The first-order valence-corrected chi connectivity index (χ1v) is 13.1. The fourth-order valence-corrected chi connectivity index (χ4v) is 6.31. The summed E-state index contributed by atoms with van der Waals surface area (Å²) in [5.74, 6) is 4.61. The van der Waals surface area contributed by atoms with Crippen LogP contribution in [0.15, 0.2) is 24.3 Å². The normalized spacial score (nSPS) is 20.8. The van der Waals surface area contributed by atoms with Gasteiger partial charge in [-0.2, -0.15) is 0 Å². The molecule has 5 nitrogen and oxygen atoms in total. The lowest BCUT2D eigenvalue weighted by Gasteiger charge is -2.47. The second-order valence-corrected chi connectivity index (χ2v) is 10.0. The number of methoxy groups -OCH3 is 1. The lowest BCUT2D eigenvalue weighted by Crippen LogP contribution is -2.40. The number of ether oxygens (including phenoxy) is 4. The van der Waals surface area contributed by atoms with Crippen molar-refractivity contribution >= 4 is 23.4 Å². The van der Waals surface area contributed by atoms with Crippen LogP contribution in [0.5, 0.6) is 23.0 Å². The SMILES string of the molecule is COc1ccc2c(c1OCCCCl)[C@H](C1CCCCC1)N1CCc3cc4c(cc3C1=C2)OCO4. The average Bonchev–Trinajstić information content (AvgIpc) is 3.34. The van der Waals surface area contributed by atoms with Crippen LogP contribution in [0.4, 0.5) is 0 Å². The molecular formula is C28H32ClNO4. The Kier molecular flexibility index (Phi) is 5.98. The second-order valence-electron chi connectivity index (χ2n) is 9.67. The van der Waals surface area contributed by atoms with E-state index in [9.17, 15) is 0 Å². The Hall–Kier alpha value is -2.53. The molecule has 2 aromatic carbocycles. The highest BCUT2D eigenvalue weighted by molar-refractivity contribution is 6.17. The van der Waals surface area contributed by atoms with Gasteiger partial charge >= 0.3 is 0 Å². The maximum absolute atomic E-state index is 6.40. The minimum Gasteiger partial charge on any atom is -0.493 e. The first-order chi connectivity index (χ1) is 16.8. The van der Waals surface area contributed by atoms with Gasteiger partial charge in [0.15, 0.2) is 23.0 Å². The van der Waals surface area contributed by atoms with E-state index < -0.39 is 0 Å². The van der Waals surface area contributed by atoms with Crippen molar-refractivity contribution in [3.8, 4) is 23.0 Å². The maximum atomic E-state index is 6.40. The fraction of sp³-hybridized carbons (Fsp3) is 0.500. The zero-order valence-electron chi connectivity index (χ0n) is 19.8. The van der Waals surface area contributed by atoms with Gasteiger partial charge in [-0.3, -0.25) is 0 Å². The van der Waals surface area contributed by atoms with Gasteiger partial charge in [0.25, 0.3) is 0 Å². The molecule has 0 unspecified atom stereocenters. The van der Waals surface area contributed by atoms with Crippen LogP contribution in [0.3, 0.4) is 0 Å². The van der Waals surface area contributed by atoms with Crippen LogP contribution in [0.1, 0.15) is 66.8 Å². The van der Waals surface area contributed by atoms with Gasteiger partial charge in [-0.15, -0.1) is 11.6 Å². The van der Waals surface area contributed by atoms with Crippen LogP contribution in [-0.2, 0) is 6.42 Å². The number of fused-ring (bicyclic) bond motifs is 5. The van der Waals surface area contributed by atoms with E-state index in [0.717, 1.165) is 42.4 Å². The standard InChI is InChI=1S/C28H32ClNO4/c1-31-23-9-8-20-14-22-21-16-25-24(33-17-34-25)15-19(21)10-12-30(22)27(18-6-3-2-4-7-18)26(20)28(23)32-13-5-11-29/h8-9,14-16,18,27H,2-7,10-13,17H2,1H3/t27-/m0/s1. The summed E-state index contributed by atoms with van der Waals surface area (Å²) < 4.78 is 23.6. The van der Waals surface area contributed by atoms with Crippen LogP contribution in [0.2, 0.25) is 0 Å². The van der Waals surface area contributed by atoms with Gasteiger partial charge in [-0.05, 0) is 67.0 Å². The highest BCUT2D eigenvalue weighted by atomic mass is 35.5. The Morgan fingerprint density at radius 1 is 1.09 bits per heavy atom. The highest BCUT2D eigenvalue weighted by Crippen LogP contribution is 2.54. The highest BCUT2D eigenvalue weighted by Gasteiger charge is 2.40. The molecular weight excluding hydrogens is 450 g/mol. The van der Waals surface area contributed by atoms with Gasteiger partial charge in [0.2, 0.25) is 6.79 Å². The predicted octanol–water partition coefficient (Wildman–Crippen LogP) is 6.42. The number of hydrogen-bond acceptors (Lipinski definition) is 5. The van der Waals surface area contributed by atoms with E-state index in [2.05, 4.69) is 29.2 Å². The molecule has 1 fully saturated rings. The number of alkyl halides is 1. The summed E-state index contributed by atoms with van der Waals surface area (Å²) in [6.07, 6.45) is 10.6. The van der Waals surface area contributed by atoms with Crippen molar-refractivity contribution in [3.63, 3.8) is 0 Å². The first-order valence-electron chi connectivity index (χ1n) is 12.6. The van der Waals surface area contributed by atoms with Crippen molar-refractivity contribution in [2.24, 2.45) is 5.92 Å². The van der Waals surface area contributed by atoms with Crippen molar-refractivity contribution in [2.75, 3.05) is 32.9 Å². The quantitative estimate of drug-likeness (QED) is 0.351. The predicted molar refractivity (Wildman–Crippen MR) is 134 cm³/mol. The Morgan fingerprint density at radius 2 is 1.91 bits per heavy atom. The number of benzene rings is 2. The molecule has 1 saturated carbocycles. The molecule has 0 radical (unpaired) electrons. The first kappa shape index (κ1) is 22.0. The van der Waals surface area contributed by atoms with Crippen molar-refractivity contribution in [1.29, 1.82) is 0 Å². The Morgan fingerprint density at radius 3 is 2.71 bits per heavy atom. The average molecular weight is 482 g/mol. The third-order valence-corrected chi connectivity index (χ3v) is 8.03. The maximum Gasteiger partial charge on any atom is 0.231 e. The summed E-state index contributed by atoms with van der Waals surface area (Å²) in [5.41, 5.74) is 6.41. The van der Waals surface area contributed by atoms with Crippen LogP contribution in [0.25, 0.3) is 11.8 Å². The monoisotopic (exact) mass is 481 g/mol. The molecule has 4 aliphatic rings. The molecule has 3 heterocycles. The molecule has 0 bridgehead atoms. The molecule has 6 heteroatoms. The molecule has 0 aromatic heterocycles. The van der Waals surface area contributed by atoms with Gasteiger partial charge in [0.05, 0.1) is 19.8 Å². The van der Waals surface area contributed by atoms with Crippen molar-refractivity contribution in [1.82, 2.24) is 4.90 Å². The van der Waals surface area contributed by atoms with E-state index in [4.69, 9.17) is 30.5 Å². The van der Waals surface area contributed by atoms with Gasteiger partial charge in [-0.1, -0.05) is 25.3 Å². The molecule has 180 valence electrons. The van der Waals surface area contributed by atoms with Gasteiger partial charge in [-0.25, -0.2) is 0 Å². The lowest BCUT2D eigenvalue weighted by molar-refractivity contribution is 0.164. The fourth-order valence-electron chi connectivity index (χ4n) is 6.20. The summed E-state index contributed by atoms with van der Waals surface area (Å²) in [4.78, 5) is 2.64. The van der Waals surface area contributed by atoms with Crippen LogP contribution < -0.4 is 18.9 Å². The molecule has 1 aliphatic carbocycles. The molecule has 34 heavy (non-hydrogen) atoms. The largest absolute Gasteiger partial charge is 0.493 e. The lowest BCUT2D eigenvalue weighted by atomic mass is 9.75. The molecule has 2 aromatic rings. The van der Waals surface area contributed by atoms with Crippen LogP contribution in [0, 0.1) is 5.92 Å². The topological polar surface area (TPSA) is 40.2 Å². The minimum absolute atomic E-state index is 0.273. The van der Waals surface area contributed by atoms with Crippen LogP contribution >= 0.6 is 11.6 Å². The van der Waals surface area contributed by atoms with E-state index >= 15 is 0 Å². The van der Waals surface area contributed by atoms with Crippen LogP contribution in [-0.4, -0.2) is 37.8 Å². The number of halogens is 1. The van der Waals surface area contributed by atoms with Crippen molar-refractivity contribution < 1.29 is 18.9 Å². The van der Waals surface area contributed by atoms with E-state index in [0.29, 0.717) is 25.2 Å². The number of hydrogen-bond donors (Lipinski definition) is 0. The third kappa shape index (κ3) is 3.69. The molecule has 3 aliphatic heterocycles. The summed E-state index contributed by atoms with van der Waals surface area (Å²) in [6, 6.07) is 8.87. The molecule has 1 atom stereocenters. The molecule has 0 spiro atoms. The third-order valence-electron chi connectivity index (χ3n) is 7.76. The zero-order valence-corrected chi connectivity index (χ0v) is 20.5. The minimum atomic E-state index is 0.273. The van der Waals surface area contributed by atoms with Gasteiger partial charge in [0.1, 0.15) is 0 Å². The smallest absolute Gasteiger partial charge is 0.231 e. The zero-order chi connectivity index (χ0) is 23.1.